The molecule has 0 saturated carbocycles. The van der Waals surface area contributed by atoms with Crippen molar-refractivity contribution in [3.05, 3.63) is 22.5 Å². The van der Waals surface area contributed by atoms with Crippen LogP contribution in [0.2, 0.25) is 0 Å². The SMILES string of the molecule is CCCn1c(Sc2nc(N)ncc2F)n[nH]c1=O. The maximum Gasteiger partial charge on any atom is 0.343 e. The number of hydrogen-bond donors (Lipinski definition) is 2. The number of aromatic nitrogens is 5. The quantitative estimate of drug-likeness (QED) is 0.790. The molecule has 0 fully saturated rings. The molecule has 7 nitrogen and oxygen atoms in total. The van der Waals surface area contributed by atoms with Gasteiger partial charge in [0.05, 0.1) is 6.20 Å². The minimum atomic E-state index is -0.604. The molecule has 0 aliphatic carbocycles. The van der Waals surface area contributed by atoms with Gasteiger partial charge in [0.15, 0.2) is 11.0 Å². The Morgan fingerprint density at radius 1 is 1.61 bits per heavy atom. The van der Waals surface area contributed by atoms with Crippen LogP contribution >= 0.6 is 11.8 Å². The summed E-state index contributed by atoms with van der Waals surface area (Å²) >= 11 is 0.930. The fourth-order valence-corrected chi connectivity index (χ4v) is 2.16. The standard InChI is InChI=1S/C9H11FN6OS/c1-2-3-16-8(17)14-15-9(16)18-6-5(10)4-12-7(11)13-6/h4H,2-3H2,1H3,(H,14,17)(H2,11,12,13). The minimum Gasteiger partial charge on any atom is -0.368 e. The second-order valence-corrected chi connectivity index (χ2v) is 4.40. The van der Waals surface area contributed by atoms with Crippen molar-refractivity contribution in [2.24, 2.45) is 0 Å². The molecule has 2 aromatic rings. The number of rotatable bonds is 4. The van der Waals surface area contributed by atoms with Crippen LogP contribution in [0, 0.1) is 5.82 Å². The third-order valence-electron chi connectivity index (χ3n) is 2.09. The van der Waals surface area contributed by atoms with Gasteiger partial charge >= 0.3 is 5.69 Å². The predicted molar refractivity (Wildman–Crippen MR) is 63.7 cm³/mol. The van der Waals surface area contributed by atoms with E-state index in [2.05, 4.69) is 20.2 Å². The molecule has 3 N–H and O–H groups in total. The Kier molecular flexibility index (Phi) is 3.60. The maximum absolute atomic E-state index is 13.5. The topological polar surface area (TPSA) is 102 Å². The highest BCUT2D eigenvalue weighted by molar-refractivity contribution is 7.99. The number of hydrogen-bond acceptors (Lipinski definition) is 6. The van der Waals surface area contributed by atoms with Gasteiger partial charge in [0.1, 0.15) is 5.03 Å². The Labute approximate surface area is 106 Å². The molecule has 0 aliphatic heterocycles. The van der Waals surface area contributed by atoms with Crippen molar-refractivity contribution < 1.29 is 4.39 Å². The van der Waals surface area contributed by atoms with Crippen molar-refractivity contribution in [3.8, 4) is 0 Å². The Hall–Kier alpha value is -1.90. The van der Waals surface area contributed by atoms with Gasteiger partial charge in [-0.05, 0) is 18.2 Å². The molecule has 0 spiro atoms. The van der Waals surface area contributed by atoms with Crippen molar-refractivity contribution in [1.29, 1.82) is 0 Å². The van der Waals surface area contributed by atoms with E-state index in [1.165, 1.54) is 4.57 Å². The van der Waals surface area contributed by atoms with Crippen molar-refractivity contribution in [3.63, 3.8) is 0 Å². The number of nitrogens with zero attached hydrogens (tertiary/aromatic N) is 4. The monoisotopic (exact) mass is 270 g/mol. The number of nitrogens with two attached hydrogens (primary N) is 1. The molecular formula is C9H11FN6OS. The van der Waals surface area contributed by atoms with Crippen molar-refractivity contribution in [2.45, 2.75) is 30.1 Å². The molecule has 0 aromatic carbocycles. The first-order chi connectivity index (χ1) is 8.61. The number of aromatic amines is 1. The van der Waals surface area contributed by atoms with Crippen molar-refractivity contribution in [2.75, 3.05) is 5.73 Å². The van der Waals surface area contributed by atoms with Gasteiger partial charge in [-0.1, -0.05) is 6.92 Å². The van der Waals surface area contributed by atoms with Crippen LogP contribution in [0.1, 0.15) is 13.3 Å². The highest BCUT2D eigenvalue weighted by Gasteiger charge is 2.14. The molecule has 9 heteroatoms. The smallest absolute Gasteiger partial charge is 0.343 e. The highest BCUT2D eigenvalue weighted by atomic mass is 32.2. The van der Waals surface area contributed by atoms with Gasteiger partial charge in [-0.25, -0.2) is 24.3 Å². The molecule has 0 saturated heterocycles. The molecular weight excluding hydrogens is 259 g/mol. The zero-order chi connectivity index (χ0) is 13.1. The molecule has 2 rings (SSSR count). The van der Waals surface area contributed by atoms with Gasteiger partial charge < -0.3 is 5.73 Å². The summed E-state index contributed by atoms with van der Waals surface area (Å²) in [6.07, 6.45) is 1.75. The Morgan fingerprint density at radius 2 is 2.39 bits per heavy atom. The fraction of sp³-hybridized carbons (Fsp3) is 0.333. The number of halogens is 1. The molecule has 2 heterocycles. The third-order valence-corrected chi connectivity index (χ3v) is 3.06. The summed E-state index contributed by atoms with van der Waals surface area (Å²) in [7, 11) is 0. The third kappa shape index (κ3) is 2.50. The summed E-state index contributed by atoms with van der Waals surface area (Å²) < 4.78 is 14.9. The number of nitrogens with one attached hydrogen (secondary N) is 1. The summed E-state index contributed by atoms with van der Waals surface area (Å²) in [5.74, 6) is -0.633. The molecule has 0 bridgehead atoms. The Bertz CT molecular complexity index is 609. The highest BCUT2D eigenvalue weighted by Crippen LogP contribution is 2.25. The summed E-state index contributed by atoms with van der Waals surface area (Å²) in [5.41, 5.74) is 5.05. The zero-order valence-corrected chi connectivity index (χ0v) is 10.4. The molecule has 0 amide bonds. The van der Waals surface area contributed by atoms with Crippen LogP contribution in [0.4, 0.5) is 10.3 Å². The first-order valence-corrected chi connectivity index (χ1v) is 6.04. The van der Waals surface area contributed by atoms with Gasteiger partial charge in [0, 0.05) is 6.54 Å². The van der Waals surface area contributed by atoms with E-state index >= 15 is 0 Å². The van der Waals surface area contributed by atoms with E-state index in [0.29, 0.717) is 11.7 Å². The van der Waals surface area contributed by atoms with E-state index in [1.54, 1.807) is 0 Å². The molecule has 0 unspecified atom stereocenters. The lowest BCUT2D eigenvalue weighted by Gasteiger charge is -2.03. The molecule has 2 aromatic heterocycles. The van der Waals surface area contributed by atoms with E-state index in [4.69, 9.17) is 5.73 Å². The maximum atomic E-state index is 13.5. The summed E-state index contributed by atoms with van der Waals surface area (Å²) in [5, 5.41) is 6.52. The van der Waals surface area contributed by atoms with Gasteiger partial charge in [-0.2, -0.15) is 0 Å². The van der Waals surface area contributed by atoms with Gasteiger partial charge in [0.2, 0.25) is 5.95 Å². The summed E-state index contributed by atoms with van der Waals surface area (Å²) in [6, 6.07) is 0. The van der Waals surface area contributed by atoms with Gasteiger partial charge in [0.25, 0.3) is 0 Å². The molecule has 0 atom stereocenters. The first kappa shape index (κ1) is 12.6. The van der Waals surface area contributed by atoms with E-state index in [0.717, 1.165) is 24.4 Å². The second kappa shape index (κ2) is 5.17. The molecule has 18 heavy (non-hydrogen) atoms. The van der Waals surface area contributed by atoms with E-state index in [9.17, 15) is 9.18 Å². The van der Waals surface area contributed by atoms with Crippen LogP contribution in [0.3, 0.4) is 0 Å². The average Bonchev–Trinajstić information content (AvgIpc) is 2.67. The van der Waals surface area contributed by atoms with E-state index in [1.807, 2.05) is 6.92 Å². The van der Waals surface area contributed by atoms with Crippen molar-refractivity contribution >= 4 is 17.7 Å². The molecule has 0 aliphatic rings. The van der Waals surface area contributed by atoms with Crippen LogP contribution in [0.15, 0.2) is 21.2 Å². The van der Waals surface area contributed by atoms with E-state index < -0.39 is 5.82 Å². The largest absolute Gasteiger partial charge is 0.368 e. The molecule has 96 valence electrons. The average molecular weight is 270 g/mol. The van der Waals surface area contributed by atoms with Crippen LogP contribution in [0.25, 0.3) is 0 Å². The number of nitrogen functional groups attached to an aromatic ring is 1. The van der Waals surface area contributed by atoms with Crippen LogP contribution < -0.4 is 11.4 Å². The van der Waals surface area contributed by atoms with Gasteiger partial charge in [-0.3, -0.25) is 4.57 Å². The summed E-state index contributed by atoms with van der Waals surface area (Å²) in [6.45, 7) is 2.43. The van der Waals surface area contributed by atoms with E-state index in [-0.39, 0.29) is 16.7 Å². The predicted octanol–water partition coefficient (Wildman–Crippen LogP) is 0.644. The zero-order valence-electron chi connectivity index (χ0n) is 9.55. The fourth-order valence-electron chi connectivity index (χ4n) is 1.32. The number of H-pyrrole nitrogens is 1. The lowest BCUT2D eigenvalue weighted by Crippen LogP contribution is -2.17. The van der Waals surface area contributed by atoms with Crippen LogP contribution in [-0.2, 0) is 6.54 Å². The molecule has 0 radical (unpaired) electrons. The van der Waals surface area contributed by atoms with Crippen molar-refractivity contribution in [1.82, 2.24) is 24.7 Å². The van der Waals surface area contributed by atoms with Crippen LogP contribution in [0.5, 0.6) is 0 Å². The van der Waals surface area contributed by atoms with Crippen LogP contribution in [-0.4, -0.2) is 24.7 Å². The lowest BCUT2D eigenvalue weighted by atomic mass is 10.5. The number of anilines is 1. The first-order valence-electron chi connectivity index (χ1n) is 5.23. The lowest BCUT2D eigenvalue weighted by molar-refractivity contribution is 0.576. The second-order valence-electron chi connectivity index (χ2n) is 3.45. The Morgan fingerprint density at radius 3 is 3.11 bits per heavy atom. The van der Waals surface area contributed by atoms with Gasteiger partial charge in [-0.15, -0.1) is 5.10 Å². The Balaban J connectivity index is 2.34. The minimum absolute atomic E-state index is 0.0289. The summed E-state index contributed by atoms with van der Waals surface area (Å²) in [4.78, 5) is 18.7. The normalized spacial score (nSPS) is 10.8.